The van der Waals surface area contributed by atoms with Crippen LogP contribution < -0.4 is 9.46 Å². The molecule has 1 N–H and O–H groups in total. The van der Waals surface area contributed by atoms with Crippen molar-refractivity contribution in [1.82, 2.24) is 0 Å². The quantitative estimate of drug-likeness (QED) is 0.749. The van der Waals surface area contributed by atoms with E-state index >= 15 is 0 Å². The average Bonchev–Trinajstić information content (AvgIpc) is 2.64. The number of hydrogen-bond acceptors (Lipinski definition) is 4. The summed E-state index contributed by atoms with van der Waals surface area (Å²) in [6, 6.07) is 23.5. The van der Waals surface area contributed by atoms with Crippen molar-refractivity contribution in [3.63, 3.8) is 0 Å². The summed E-state index contributed by atoms with van der Waals surface area (Å²) >= 11 is 0. The van der Waals surface area contributed by atoms with Crippen LogP contribution in [0.25, 0.3) is 0 Å². The van der Waals surface area contributed by atoms with Gasteiger partial charge in [0.15, 0.2) is 5.75 Å². The van der Waals surface area contributed by atoms with E-state index in [4.69, 9.17) is 10.00 Å². The summed E-state index contributed by atoms with van der Waals surface area (Å²) in [5, 5.41) is 9.09. The molecule has 0 unspecified atom stereocenters. The van der Waals surface area contributed by atoms with Gasteiger partial charge in [-0.25, -0.2) is 8.42 Å². The third kappa shape index (κ3) is 3.97. The Morgan fingerprint density at radius 3 is 2.16 bits per heavy atom. The molecule has 25 heavy (non-hydrogen) atoms. The molecule has 0 aromatic heterocycles. The summed E-state index contributed by atoms with van der Waals surface area (Å²) in [7, 11) is -3.76. The first kappa shape index (κ1) is 16.6. The molecule has 0 spiro atoms. The van der Waals surface area contributed by atoms with Gasteiger partial charge in [-0.3, -0.25) is 4.72 Å². The first-order valence-corrected chi connectivity index (χ1v) is 8.92. The van der Waals surface area contributed by atoms with Gasteiger partial charge in [-0.05, 0) is 36.4 Å². The van der Waals surface area contributed by atoms with E-state index in [-0.39, 0.29) is 16.3 Å². The Balaban J connectivity index is 1.97. The second-order valence-corrected chi connectivity index (χ2v) is 6.84. The molecular formula is C19H14N2O3S. The van der Waals surface area contributed by atoms with E-state index in [0.29, 0.717) is 11.3 Å². The van der Waals surface area contributed by atoms with E-state index in [2.05, 4.69) is 4.72 Å². The van der Waals surface area contributed by atoms with Crippen molar-refractivity contribution in [1.29, 1.82) is 5.26 Å². The maximum atomic E-state index is 12.5. The van der Waals surface area contributed by atoms with Crippen LogP contribution in [0.3, 0.4) is 0 Å². The van der Waals surface area contributed by atoms with Crippen molar-refractivity contribution in [2.45, 2.75) is 4.90 Å². The number of ether oxygens (including phenoxy) is 1. The fraction of sp³-hybridized carbons (Fsp3) is 0. The summed E-state index contributed by atoms with van der Waals surface area (Å²) in [6.07, 6.45) is 0. The van der Waals surface area contributed by atoms with E-state index in [1.807, 2.05) is 12.1 Å². The van der Waals surface area contributed by atoms with Crippen molar-refractivity contribution in [2.24, 2.45) is 0 Å². The molecule has 0 saturated carbocycles. The molecule has 3 aromatic rings. The Morgan fingerprint density at radius 2 is 1.52 bits per heavy atom. The highest BCUT2D eigenvalue weighted by Crippen LogP contribution is 2.32. The molecule has 0 saturated heterocycles. The van der Waals surface area contributed by atoms with Crippen LogP contribution in [0.1, 0.15) is 5.56 Å². The molecule has 0 amide bonds. The van der Waals surface area contributed by atoms with Crippen LogP contribution >= 0.6 is 0 Å². The van der Waals surface area contributed by atoms with Gasteiger partial charge < -0.3 is 4.74 Å². The lowest BCUT2D eigenvalue weighted by molar-refractivity contribution is 0.484. The van der Waals surface area contributed by atoms with Gasteiger partial charge in [-0.15, -0.1) is 0 Å². The lowest BCUT2D eigenvalue weighted by atomic mass is 10.2. The highest BCUT2D eigenvalue weighted by Gasteiger charge is 2.17. The minimum atomic E-state index is -3.76. The molecule has 3 rings (SSSR count). The van der Waals surface area contributed by atoms with Crippen LogP contribution in [0, 0.1) is 11.3 Å². The third-order valence-corrected chi connectivity index (χ3v) is 4.76. The average molecular weight is 350 g/mol. The summed E-state index contributed by atoms with van der Waals surface area (Å²) in [6.45, 7) is 0. The van der Waals surface area contributed by atoms with Gasteiger partial charge in [-0.1, -0.05) is 36.4 Å². The van der Waals surface area contributed by atoms with Crippen molar-refractivity contribution in [3.8, 4) is 17.6 Å². The molecule has 124 valence electrons. The highest BCUT2D eigenvalue weighted by molar-refractivity contribution is 7.92. The summed E-state index contributed by atoms with van der Waals surface area (Å²) in [5.41, 5.74) is 0.625. The van der Waals surface area contributed by atoms with Crippen LogP contribution in [0.15, 0.2) is 83.8 Å². The van der Waals surface area contributed by atoms with Crippen molar-refractivity contribution in [3.05, 3.63) is 84.4 Å². The topological polar surface area (TPSA) is 79.2 Å². The zero-order valence-corrected chi connectivity index (χ0v) is 13.9. The molecule has 6 heteroatoms. The molecule has 0 fully saturated rings. The Hall–Kier alpha value is -3.30. The molecule has 0 aliphatic heterocycles. The Kier molecular flexibility index (Phi) is 4.68. The second kappa shape index (κ2) is 7.07. The maximum Gasteiger partial charge on any atom is 0.262 e. The molecule has 0 aliphatic rings. The summed E-state index contributed by atoms with van der Waals surface area (Å²) in [5.74, 6) is 0.794. The van der Waals surface area contributed by atoms with E-state index < -0.39 is 10.0 Å². The number of benzene rings is 3. The van der Waals surface area contributed by atoms with Crippen molar-refractivity contribution < 1.29 is 13.2 Å². The molecule has 0 atom stereocenters. The van der Waals surface area contributed by atoms with E-state index in [1.165, 1.54) is 30.3 Å². The number of anilines is 1. The molecule has 0 bridgehead atoms. The number of rotatable bonds is 5. The molecule has 0 heterocycles. The maximum absolute atomic E-state index is 12.5. The van der Waals surface area contributed by atoms with Gasteiger partial charge in [0.2, 0.25) is 0 Å². The third-order valence-electron chi connectivity index (χ3n) is 3.38. The first-order valence-electron chi connectivity index (χ1n) is 7.43. The lowest BCUT2D eigenvalue weighted by Crippen LogP contribution is -2.13. The van der Waals surface area contributed by atoms with Crippen LogP contribution in [0.4, 0.5) is 5.69 Å². The standard InChI is InChI=1S/C19H14N2O3S/c20-14-15-11-12-18(19(13-15)24-16-7-3-1-4-8-16)21-25(22,23)17-9-5-2-6-10-17/h1-13,21H. The van der Waals surface area contributed by atoms with Gasteiger partial charge in [0, 0.05) is 6.07 Å². The predicted octanol–water partition coefficient (Wildman–Crippen LogP) is 4.15. The van der Waals surface area contributed by atoms with Crippen molar-refractivity contribution in [2.75, 3.05) is 4.72 Å². The van der Waals surface area contributed by atoms with Crippen LogP contribution in [-0.4, -0.2) is 8.42 Å². The normalized spacial score (nSPS) is 10.7. The first-order chi connectivity index (χ1) is 12.1. The van der Waals surface area contributed by atoms with Gasteiger partial charge in [0.05, 0.1) is 22.2 Å². The molecule has 0 radical (unpaired) electrons. The smallest absolute Gasteiger partial charge is 0.262 e. The minimum absolute atomic E-state index is 0.144. The zero-order chi connectivity index (χ0) is 17.7. The zero-order valence-electron chi connectivity index (χ0n) is 13.1. The van der Waals surface area contributed by atoms with Crippen LogP contribution in [0.5, 0.6) is 11.5 Å². The summed E-state index contributed by atoms with van der Waals surface area (Å²) < 4.78 is 33.3. The molecule has 5 nitrogen and oxygen atoms in total. The number of nitrogens with one attached hydrogen (secondary N) is 1. The predicted molar refractivity (Wildman–Crippen MR) is 94.9 cm³/mol. The number of para-hydroxylation sites is 1. The van der Waals surface area contributed by atoms with E-state index in [0.717, 1.165) is 0 Å². The highest BCUT2D eigenvalue weighted by atomic mass is 32.2. The van der Waals surface area contributed by atoms with Gasteiger partial charge >= 0.3 is 0 Å². The Morgan fingerprint density at radius 1 is 0.880 bits per heavy atom. The van der Waals surface area contributed by atoms with Crippen LogP contribution in [0.2, 0.25) is 0 Å². The molecule has 0 aliphatic carbocycles. The second-order valence-electron chi connectivity index (χ2n) is 5.16. The number of sulfonamides is 1. The summed E-state index contributed by atoms with van der Waals surface area (Å²) in [4.78, 5) is 0.144. The Bertz CT molecular complexity index is 1010. The van der Waals surface area contributed by atoms with Crippen LogP contribution in [-0.2, 0) is 10.0 Å². The van der Waals surface area contributed by atoms with E-state index in [9.17, 15) is 8.42 Å². The van der Waals surface area contributed by atoms with Gasteiger partial charge in [0.25, 0.3) is 10.0 Å². The number of nitriles is 1. The Labute approximate surface area is 146 Å². The lowest BCUT2D eigenvalue weighted by Gasteiger charge is -2.14. The largest absolute Gasteiger partial charge is 0.455 e. The monoisotopic (exact) mass is 350 g/mol. The number of hydrogen-bond donors (Lipinski definition) is 1. The fourth-order valence-corrected chi connectivity index (χ4v) is 3.27. The van der Waals surface area contributed by atoms with Gasteiger partial charge in [-0.2, -0.15) is 5.26 Å². The number of nitrogens with zero attached hydrogens (tertiary/aromatic N) is 1. The SMILES string of the molecule is N#Cc1ccc(NS(=O)(=O)c2ccccc2)c(Oc2ccccc2)c1. The fourth-order valence-electron chi connectivity index (χ4n) is 2.18. The molecular weight excluding hydrogens is 336 g/mol. The molecule has 3 aromatic carbocycles. The minimum Gasteiger partial charge on any atom is -0.455 e. The van der Waals surface area contributed by atoms with E-state index in [1.54, 1.807) is 42.5 Å². The van der Waals surface area contributed by atoms with Gasteiger partial charge in [0.1, 0.15) is 5.75 Å². The van der Waals surface area contributed by atoms with Crippen molar-refractivity contribution >= 4 is 15.7 Å².